The molecule has 0 saturated carbocycles. The molecule has 0 unspecified atom stereocenters. The second-order valence-corrected chi connectivity index (χ2v) is 6.13. The number of hydrogen-bond donors (Lipinski definition) is 0. The highest BCUT2D eigenvalue weighted by Gasteiger charge is 2.44. The van der Waals surface area contributed by atoms with Gasteiger partial charge in [-0.1, -0.05) is 0 Å². The molecule has 1 aliphatic heterocycles. The second-order valence-electron chi connectivity index (χ2n) is 6.13. The molecule has 1 fully saturated rings. The van der Waals surface area contributed by atoms with Crippen LogP contribution in [0.15, 0.2) is 0 Å². The van der Waals surface area contributed by atoms with Crippen LogP contribution in [0.2, 0.25) is 0 Å². The van der Waals surface area contributed by atoms with Gasteiger partial charge in [0.1, 0.15) is 5.60 Å². The average Bonchev–Trinajstić information content (AvgIpc) is 2.35. The quantitative estimate of drug-likeness (QED) is 0.700. The third kappa shape index (κ3) is 3.96. The SMILES string of the molecule is C[C@@H]1OC(C)(C)O[C@@H]1[C@H](C)C(=O)OC(C)(C)C. The summed E-state index contributed by atoms with van der Waals surface area (Å²) in [6.45, 7) is 13.0. The van der Waals surface area contributed by atoms with E-state index >= 15 is 0 Å². The Kier molecular flexibility index (Phi) is 3.89. The molecule has 0 N–H and O–H groups in total. The lowest BCUT2D eigenvalue weighted by molar-refractivity contribution is -0.170. The van der Waals surface area contributed by atoms with Crippen LogP contribution >= 0.6 is 0 Å². The smallest absolute Gasteiger partial charge is 0.311 e. The lowest BCUT2D eigenvalue weighted by Crippen LogP contribution is -2.37. The third-order valence-electron chi connectivity index (χ3n) is 2.62. The van der Waals surface area contributed by atoms with E-state index in [1.54, 1.807) is 0 Å². The van der Waals surface area contributed by atoms with Crippen molar-refractivity contribution in [3.05, 3.63) is 0 Å². The number of hydrogen-bond acceptors (Lipinski definition) is 4. The number of esters is 1. The molecule has 0 amide bonds. The fourth-order valence-corrected chi connectivity index (χ4v) is 2.00. The molecule has 0 aromatic rings. The van der Waals surface area contributed by atoms with E-state index in [4.69, 9.17) is 14.2 Å². The molecule has 100 valence electrons. The Hall–Kier alpha value is -0.610. The monoisotopic (exact) mass is 244 g/mol. The van der Waals surface area contributed by atoms with Crippen molar-refractivity contribution in [3.8, 4) is 0 Å². The Morgan fingerprint density at radius 3 is 2.18 bits per heavy atom. The van der Waals surface area contributed by atoms with Gasteiger partial charge in [0, 0.05) is 0 Å². The van der Waals surface area contributed by atoms with E-state index < -0.39 is 11.4 Å². The zero-order chi connectivity index (χ0) is 13.4. The number of carbonyl (C=O) groups excluding carboxylic acids is 1. The second kappa shape index (κ2) is 4.58. The van der Waals surface area contributed by atoms with Crippen LogP contribution < -0.4 is 0 Å². The predicted molar refractivity (Wildman–Crippen MR) is 64.5 cm³/mol. The van der Waals surface area contributed by atoms with Crippen molar-refractivity contribution in [2.45, 2.75) is 72.1 Å². The van der Waals surface area contributed by atoms with Crippen LogP contribution in [-0.4, -0.2) is 29.6 Å². The average molecular weight is 244 g/mol. The molecule has 1 aliphatic rings. The van der Waals surface area contributed by atoms with Crippen molar-refractivity contribution in [1.82, 2.24) is 0 Å². The molecule has 0 radical (unpaired) electrons. The van der Waals surface area contributed by atoms with Crippen LogP contribution in [0.1, 0.15) is 48.5 Å². The molecule has 4 heteroatoms. The van der Waals surface area contributed by atoms with Gasteiger partial charge in [-0.05, 0) is 48.5 Å². The molecule has 3 atom stereocenters. The first kappa shape index (κ1) is 14.5. The third-order valence-corrected chi connectivity index (χ3v) is 2.62. The van der Waals surface area contributed by atoms with Gasteiger partial charge in [0.15, 0.2) is 5.79 Å². The summed E-state index contributed by atoms with van der Waals surface area (Å²) >= 11 is 0. The minimum atomic E-state index is -0.625. The molecule has 0 bridgehead atoms. The summed E-state index contributed by atoms with van der Waals surface area (Å²) in [6, 6.07) is 0. The van der Waals surface area contributed by atoms with Gasteiger partial charge < -0.3 is 14.2 Å². The molecule has 0 aliphatic carbocycles. The first-order chi connectivity index (χ1) is 7.52. The number of carbonyl (C=O) groups is 1. The molecule has 1 rings (SSSR count). The summed E-state index contributed by atoms with van der Waals surface area (Å²) in [6.07, 6.45) is -0.354. The highest BCUT2D eigenvalue weighted by atomic mass is 16.8. The maximum Gasteiger partial charge on any atom is 0.311 e. The fourth-order valence-electron chi connectivity index (χ4n) is 2.00. The summed E-state index contributed by atoms with van der Waals surface area (Å²) in [5.41, 5.74) is -0.469. The summed E-state index contributed by atoms with van der Waals surface area (Å²) in [4.78, 5) is 11.9. The Morgan fingerprint density at radius 2 is 1.82 bits per heavy atom. The summed E-state index contributed by atoms with van der Waals surface area (Å²) < 4.78 is 16.7. The lowest BCUT2D eigenvalue weighted by Gasteiger charge is -2.26. The zero-order valence-electron chi connectivity index (χ0n) is 11.9. The lowest BCUT2D eigenvalue weighted by atomic mass is 10.0. The van der Waals surface area contributed by atoms with Crippen molar-refractivity contribution in [2.24, 2.45) is 5.92 Å². The van der Waals surface area contributed by atoms with Crippen molar-refractivity contribution in [3.63, 3.8) is 0 Å². The Balaban J connectivity index is 2.65. The first-order valence-corrected chi connectivity index (χ1v) is 6.10. The van der Waals surface area contributed by atoms with Gasteiger partial charge in [-0.25, -0.2) is 0 Å². The van der Waals surface area contributed by atoms with E-state index in [0.717, 1.165) is 0 Å². The molecule has 0 aromatic carbocycles. The molecular formula is C13H24O4. The molecule has 4 nitrogen and oxygen atoms in total. The van der Waals surface area contributed by atoms with Gasteiger partial charge in [0.2, 0.25) is 0 Å². The Labute approximate surface area is 104 Å². The standard InChI is InChI=1S/C13H24O4/c1-8(11(14)17-12(3,4)5)10-9(2)15-13(6,7)16-10/h8-10H,1-7H3/t8-,9-,10+/m0/s1. The van der Waals surface area contributed by atoms with Crippen molar-refractivity contribution >= 4 is 5.97 Å². The summed E-state index contributed by atoms with van der Waals surface area (Å²) in [7, 11) is 0. The normalized spacial score (nSPS) is 30.1. The van der Waals surface area contributed by atoms with E-state index in [0.29, 0.717) is 0 Å². The van der Waals surface area contributed by atoms with Crippen LogP contribution in [0, 0.1) is 5.92 Å². The summed E-state index contributed by atoms with van der Waals surface area (Å²) in [5, 5.41) is 0. The maximum absolute atomic E-state index is 11.9. The van der Waals surface area contributed by atoms with Crippen LogP contribution in [0.4, 0.5) is 0 Å². The first-order valence-electron chi connectivity index (χ1n) is 6.10. The van der Waals surface area contributed by atoms with Crippen LogP contribution in [0.5, 0.6) is 0 Å². The van der Waals surface area contributed by atoms with Crippen molar-refractivity contribution in [1.29, 1.82) is 0 Å². The van der Waals surface area contributed by atoms with E-state index in [9.17, 15) is 4.79 Å². The molecular weight excluding hydrogens is 220 g/mol. The molecule has 1 saturated heterocycles. The largest absolute Gasteiger partial charge is 0.460 e. The topological polar surface area (TPSA) is 44.8 Å². The fraction of sp³-hybridized carbons (Fsp3) is 0.923. The Bertz CT molecular complexity index is 290. The maximum atomic E-state index is 11.9. The van der Waals surface area contributed by atoms with Gasteiger partial charge in [0.25, 0.3) is 0 Å². The molecule has 17 heavy (non-hydrogen) atoms. The van der Waals surface area contributed by atoms with E-state index in [-0.39, 0.29) is 24.1 Å². The van der Waals surface area contributed by atoms with Gasteiger partial charge in [-0.15, -0.1) is 0 Å². The minimum Gasteiger partial charge on any atom is -0.460 e. The Morgan fingerprint density at radius 1 is 1.29 bits per heavy atom. The zero-order valence-corrected chi connectivity index (χ0v) is 11.9. The van der Waals surface area contributed by atoms with Gasteiger partial charge in [-0.3, -0.25) is 4.79 Å². The number of ether oxygens (including phenoxy) is 3. The van der Waals surface area contributed by atoms with Gasteiger partial charge in [-0.2, -0.15) is 0 Å². The van der Waals surface area contributed by atoms with Crippen LogP contribution in [-0.2, 0) is 19.0 Å². The van der Waals surface area contributed by atoms with Crippen molar-refractivity contribution < 1.29 is 19.0 Å². The van der Waals surface area contributed by atoms with Crippen LogP contribution in [0.3, 0.4) is 0 Å². The van der Waals surface area contributed by atoms with Crippen LogP contribution in [0.25, 0.3) is 0 Å². The highest BCUT2D eigenvalue weighted by Crippen LogP contribution is 2.32. The van der Waals surface area contributed by atoms with Crippen molar-refractivity contribution in [2.75, 3.05) is 0 Å². The minimum absolute atomic E-state index is 0.104. The van der Waals surface area contributed by atoms with E-state index in [1.807, 2.05) is 48.5 Å². The van der Waals surface area contributed by atoms with E-state index in [2.05, 4.69) is 0 Å². The molecule has 0 aromatic heterocycles. The summed E-state index contributed by atoms with van der Waals surface area (Å²) in [5.74, 6) is -1.19. The number of rotatable bonds is 2. The molecule has 0 spiro atoms. The van der Waals surface area contributed by atoms with E-state index in [1.165, 1.54) is 0 Å². The predicted octanol–water partition coefficient (Wildman–Crippen LogP) is 2.50. The van der Waals surface area contributed by atoms with Gasteiger partial charge >= 0.3 is 5.97 Å². The van der Waals surface area contributed by atoms with Gasteiger partial charge in [0.05, 0.1) is 18.1 Å². The molecule has 1 heterocycles. The highest BCUT2D eigenvalue weighted by molar-refractivity contribution is 5.73.